The Labute approximate surface area is 201 Å². The number of amides is 2. The minimum atomic E-state index is -0.995. The Balaban J connectivity index is 1.86. The first kappa shape index (κ1) is 22.8. The molecule has 1 fully saturated rings. The number of ether oxygens (including phenoxy) is 2. The maximum Gasteiger partial charge on any atom is 0.329 e. The van der Waals surface area contributed by atoms with Crippen LogP contribution < -0.4 is 4.74 Å². The van der Waals surface area contributed by atoms with Gasteiger partial charge in [-0.2, -0.15) is 0 Å². The molecule has 0 unspecified atom stereocenters. The summed E-state index contributed by atoms with van der Waals surface area (Å²) < 4.78 is 12.4. The second-order valence-corrected chi connectivity index (χ2v) is 9.06. The first-order valence-corrected chi connectivity index (χ1v) is 11.3. The van der Waals surface area contributed by atoms with Crippen molar-refractivity contribution in [3.05, 3.63) is 49.1 Å². The summed E-state index contributed by atoms with van der Waals surface area (Å²) in [6.07, 6.45) is 1.15. The van der Waals surface area contributed by atoms with Crippen molar-refractivity contribution >= 4 is 63.0 Å². The maximum atomic E-state index is 12.4. The number of esters is 1. The molecule has 158 valence electrons. The first-order chi connectivity index (χ1) is 14.3. The van der Waals surface area contributed by atoms with Crippen LogP contribution in [0.4, 0.5) is 0 Å². The highest BCUT2D eigenvalue weighted by Crippen LogP contribution is 2.34. The zero-order valence-electron chi connectivity index (χ0n) is 16.1. The minimum absolute atomic E-state index is 0.151. The molecule has 0 spiro atoms. The van der Waals surface area contributed by atoms with Gasteiger partial charge in [0.15, 0.2) is 5.75 Å². The van der Waals surface area contributed by atoms with E-state index in [9.17, 15) is 19.5 Å². The van der Waals surface area contributed by atoms with Crippen molar-refractivity contribution < 1.29 is 29.0 Å². The van der Waals surface area contributed by atoms with Crippen molar-refractivity contribution in [2.24, 2.45) is 0 Å². The normalized spacial score (nSPS) is 15.1. The lowest BCUT2D eigenvalue weighted by atomic mass is 10.0. The van der Waals surface area contributed by atoms with E-state index >= 15 is 0 Å². The molecule has 2 aromatic carbocycles. The van der Waals surface area contributed by atoms with Crippen molar-refractivity contribution in [1.82, 2.24) is 4.90 Å². The second-order valence-electron chi connectivity index (χ2n) is 6.74. The van der Waals surface area contributed by atoms with E-state index in [2.05, 4.69) is 45.2 Å². The standard InChI is InChI=1S/C21H19I2NO6/c1-29-21(28)17(24-18(26)3-2-4-19(24)27)11-12-9-15(22)20(16(23)10-12)30-14-7-5-13(25)6-8-14/h5-10,17,25H,2-4,11H2,1H3/t17-/m0/s1. The molecular formula is C21H19I2NO6. The molecule has 7 nitrogen and oxygen atoms in total. The summed E-state index contributed by atoms with van der Waals surface area (Å²) in [6.45, 7) is 0. The van der Waals surface area contributed by atoms with Gasteiger partial charge >= 0.3 is 5.97 Å². The van der Waals surface area contributed by atoms with Crippen molar-refractivity contribution in [1.29, 1.82) is 0 Å². The predicted molar refractivity (Wildman–Crippen MR) is 125 cm³/mol. The lowest BCUT2D eigenvalue weighted by Crippen LogP contribution is -2.52. The SMILES string of the molecule is COC(=O)[C@H](Cc1cc(I)c(Oc2ccc(O)cc2)c(I)c1)N1C(=O)CCCC1=O. The number of imide groups is 1. The van der Waals surface area contributed by atoms with Gasteiger partial charge in [0, 0.05) is 19.3 Å². The summed E-state index contributed by atoms with van der Waals surface area (Å²) in [5.41, 5.74) is 0.781. The third-order valence-corrected chi connectivity index (χ3v) is 6.25. The molecular weight excluding hydrogens is 616 g/mol. The summed E-state index contributed by atoms with van der Waals surface area (Å²) in [5, 5.41) is 9.41. The van der Waals surface area contributed by atoms with Gasteiger partial charge in [0.25, 0.3) is 0 Å². The smallest absolute Gasteiger partial charge is 0.329 e. The number of benzene rings is 2. The van der Waals surface area contributed by atoms with Gasteiger partial charge in [0.1, 0.15) is 17.5 Å². The third-order valence-electron chi connectivity index (χ3n) is 4.65. The van der Waals surface area contributed by atoms with E-state index in [1.807, 2.05) is 12.1 Å². The van der Waals surface area contributed by atoms with Gasteiger partial charge in [-0.1, -0.05) is 0 Å². The molecule has 1 saturated heterocycles. The summed E-state index contributed by atoms with van der Waals surface area (Å²) in [7, 11) is 1.25. The molecule has 1 atom stereocenters. The number of likely N-dealkylation sites (tertiary alicyclic amines) is 1. The Morgan fingerprint density at radius 1 is 1.10 bits per heavy atom. The van der Waals surface area contributed by atoms with Crippen LogP contribution in [0.25, 0.3) is 0 Å². The summed E-state index contributed by atoms with van der Waals surface area (Å²) in [5.74, 6) is 0.0566. The Hall–Kier alpha value is -1.89. The highest BCUT2D eigenvalue weighted by atomic mass is 127. The number of aromatic hydroxyl groups is 1. The average molecular weight is 635 g/mol. The molecule has 0 aromatic heterocycles. The van der Waals surface area contributed by atoms with E-state index in [1.54, 1.807) is 12.1 Å². The minimum Gasteiger partial charge on any atom is -0.508 e. The van der Waals surface area contributed by atoms with Gasteiger partial charge in [0.05, 0.1) is 14.3 Å². The van der Waals surface area contributed by atoms with Crippen molar-refractivity contribution in [2.45, 2.75) is 31.7 Å². The Morgan fingerprint density at radius 2 is 1.67 bits per heavy atom. The fraction of sp³-hybridized carbons (Fsp3) is 0.286. The van der Waals surface area contributed by atoms with E-state index in [-0.39, 0.29) is 36.8 Å². The van der Waals surface area contributed by atoms with Crippen molar-refractivity contribution in [3.8, 4) is 17.2 Å². The number of phenolic OH excluding ortho intramolecular Hbond substituents is 1. The number of carbonyl (C=O) groups is 3. The van der Waals surface area contributed by atoms with E-state index in [0.717, 1.165) is 17.6 Å². The van der Waals surface area contributed by atoms with Crippen molar-refractivity contribution in [3.63, 3.8) is 0 Å². The van der Waals surface area contributed by atoms with E-state index < -0.39 is 12.0 Å². The molecule has 0 bridgehead atoms. The molecule has 3 rings (SSSR count). The van der Waals surface area contributed by atoms with Crippen LogP contribution in [-0.4, -0.2) is 40.9 Å². The van der Waals surface area contributed by atoms with Crippen molar-refractivity contribution in [2.75, 3.05) is 7.11 Å². The molecule has 1 heterocycles. The lowest BCUT2D eigenvalue weighted by Gasteiger charge is -2.31. The Kier molecular flexibility index (Phi) is 7.55. The first-order valence-electron chi connectivity index (χ1n) is 9.17. The quantitative estimate of drug-likeness (QED) is 0.293. The number of nitrogens with zero attached hydrogens (tertiary/aromatic N) is 1. The van der Waals surface area contributed by atoms with Crippen LogP contribution in [0.5, 0.6) is 17.2 Å². The number of phenols is 1. The summed E-state index contributed by atoms with van der Waals surface area (Å²) in [4.78, 5) is 38.1. The average Bonchev–Trinajstić information content (AvgIpc) is 2.70. The number of hydrogen-bond acceptors (Lipinski definition) is 6. The van der Waals surface area contributed by atoms with Gasteiger partial charge in [-0.3, -0.25) is 14.5 Å². The molecule has 0 radical (unpaired) electrons. The van der Waals surface area contributed by atoms with Crippen LogP contribution in [0.15, 0.2) is 36.4 Å². The van der Waals surface area contributed by atoms with Crippen LogP contribution >= 0.6 is 45.2 Å². The Morgan fingerprint density at radius 3 is 2.20 bits per heavy atom. The van der Waals surface area contributed by atoms with Crippen LogP contribution in [0, 0.1) is 7.14 Å². The van der Waals surface area contributed by atoms with Gasteiger partial charge in [-0.15, -0.1) is 0 Å². The second kappa shape index (κ2) is 9.94. The molecule has 1 aliphatic heterocycles. The van der Waals surface area contributed by atoms with Gasteiger partial charge in [0.2, 0.25) is 11.8 Å². The molecule has 0 aliphatic carbocycles. The third kappa shape index (κ3) is 5.23. The number of piperidine rings is 1. The van der Waals surface area contributed by atoms with E-state index in [1.165, 1.54) is 19.2 Å². The zero-order valence-corrected chi connectivity index (χ0v) is 20.4. The molecule has 2 amide bonds. The van der Waals surface area contributed by atoms with Gasteiger partial charge < -0.3 is 14.6 Å². The summed E-state index contributed by atoms with van der Waals surface area (Å²) >= 11 is 4.28. The lowest BCUT2D eigenvalue weighted by molar-refractivity contribution is -0.161. The number of rotatable bonds is 6. The highest BCUT2D eigenvalue weighted by molar-refractivity contribution is 14.1. The fourth-order valence-electron chi connectivity index (χ4n) is 3.22. The van der Waals surface area contributed by atoms with Crippen LogP contribution in [0.1, 0.15) is 24.8 Å². The van der Waals surface area contributed by atoms with Gasteiger partial charge in [-0.25, -0.2) is 4.79 Å². The monoisotopic (exact) mass is 635 g/mol. The molecule has 0 saturated carbocycles. The largest absolute Gasteiger partial charge is 0.508 e. The number of halogens is 2. The molecule has 2 aromatic rings. The summed E-state index contributed by atoms with van der Waals surface area (Å²) in [6, 6.07) is 9.12. The predicted octanol–water partition coefficient (Wildman–Crippen LogP) is 4.02. The molecule has 1 N–H and O–H groups in total. The van der Waals surface area contributed by atoms with Crippen LogP contribution in [0.2, 0.25) is 0 Å². The maximum absolute atomic E-state index is 12.4. The fourth-order valence-corrected chi connectivity index (χ4v) is 5.33. The molecule has 1 aliphatic rings. The zero-order chi connectivity index (χ0) is 21.8. The number of methoxy groups -OCH3 is 1. The highest BCUT2D eigenvalue weighted by Gasteiger charge is 2.37. The van der Waals surface area contributed by atoms with Crippen LogP contribution in [-0.2, 0) is 25.5 Å². The topological polar surface area (TPSA) is 93.1 Å². The molecule has 9 heteroatoms. The number of hydrogen-bond donors (Lipinski definition) is 1. The Bertz CT molecular complexity index is 937. The molecule has 30 heavy (non-hydrogen) atoms. The van der Waals surface area contributed by atoms with E-state index in [0.29, 0.717) is 17.9 Å². The van der Waals surface area contributed by atoms with Gasteiger partial charge in [-0.05, 0) is 93.6 Å². The van der Waals surface area contributed by atoms with Crippen LogP contribution in [0.3, 0.4) is 0 Å². The van der Waals surface area contributed by atoms with E-state index in [4.69, 9.17) is 9.47 Å². The number of carbonyl (C=O) groups excluding carboxylic acids is 3.